The molecule has 1 amide bonds. The summed E-state index contributed by atoms with van der Waals surface area (Å²) in [5.74, 6) is -0.632. The van der Waals surface area contributed by atoms with Crippen molar-refractivity contribution < 1.29 is 4.79 Å². The molecule has 0 heterocycles. The monoisotopic (exact) mass is 179 g/mol. The maximum atomic E-state index is 10.2. The van der Waals surface area contributed by atoms with E-state index in [0.29, 0.717) is 6.42 Å². The van der Waals surface area contributed by atoms with Gasteiger partial charge < -0.3 is 0 Å². The van der Waals surface area contributed by atoms with Gasteiger partial charge in [0.2, 0.25) is 0 Å². The molecule has 4 heteroatoms. The third-order valence-corrected chi connectivity index (χ3v) is 1.76. The molecule has 8 heavy (non-hydrogen) atoms. The van der Waals surface area contributed by atoms with Gasteiger partial charge >= 0.3 is 0 Å². The van der Waals surface area contributed by atoms with Crippen molar-refractivity contribution in [3.8, 4) is 0 Å². The summed E-state index contributed by atoms with van der Waals surface area (Å²) in [7, 11) is 0. The van der Waals surface area contributed by atoms with Crippen molar-refractivity contribution in [1.29, 1.82) is 0 Å². The number of carbonyl (C=O) groups is 1. The van der Waals surface area contributed by atoms with Gasteiger partial charge in [-0.1, -0.05) is 22.9 Å². The zero-order valence-corrected chi connectivity index (χ0v) is 6.01. The molecule has 46 valence electrons. The summed E-state index contributed by atoms with van der Waals surface area (Å²) in [5, 5.41) is 2.22. The highest BCUT2D eigenvalue weighted by Gasteiger charge is 2.10. The highest BCUT2D eigenvalue weighted by molar-refractivity contribution is 9.10. The Labute approximate surface area is 55.6 Å². The summed E-state index contributed by atoms with van der Waals surface area (Å²) in [5.41, 5.74) is 0. The summed E-state index contributed by atoms with van der Waals surface area (Å²) in [4.78, 5) is 19.3. The molecule has 0 spiro atoms. The van der Waals surface area contributed by atoms with Crippen LogP contribution < -0.4 is 0 Å². The van der Waals surface area contributed by atoms with Crippen molar-refractivity contribution in [1.82, 2.24) is 0 Å². The Balaban J connectivity index is 3.62. The van der Waals surface area contributed by atoms with Gasteiger partial charge in [0.1, 0.15) is 0 Å². The van der Waals surface area contributed by atoms with Crippen LogP contribution >= 0.6 is 15.9 Å². The SMILES string of the molecule is CC[C@H](Br)C(=O)N=O. The molecular weight excluding hydrogens is 174 g/mol. The van der Waals surface area contributed by atoms with E-state index in [9.17, 15) is 9.70 Å². The van der Waals surface area contributed by atoms with Crippen LogP contribution in [0.15, 0.2) is 5.18 Å². The highest BCUT2D eigenvalue weighted by atomic mass is 79.9. The predicted octanol–water partition coefficient (Wildman–Crippen LogP) is 1.45. The van der Waals surface area contributed by atoms with Crippen molar-refractivity contribution in [3.63, 3.8) is 0 Å². The third-order valence-electron chi connectivity index (χ3n) is 0.716. The van der Waals surface area contributed by atoms with Gasteiger partial charge in [0.25, 0.3) is 5.91 Å². The summed E-state index contributed by atoms with van der Waals surface area (Å²) in [6.45, 7) is 1.79. The van der Waals surface area contributed by atoms with Crippen LogP contribution in [0.4, 0.5) is 0 Å². The normalized spacial score (nSPS) is 12.8. The van der Waals surface area contributed by atoms with Crippen LogP contribution in [0.1, 0.15) is 13.3 Å². The maximum Gasteiger partial charge on any atom is 0.299 e. The summed E-state index contributed by atoms with van der Waals surface area (Å²) in [6.07, 6.45) is 0.602. The average Bonchev–Trinajstić information content (AvgIpc) is 1.84. The minimum absolute atomic E-state index is 0.389. The lowest BCUT2D eigenvalue weighted by atomic mass is 10.3. The van der Waals surface area contributed by atoms with Crippen LogP contribution in [-0.2, 0) is 4.79 Å². The van der Waals surface area contributed by atoms with Gasteiger partial charge in [-0.05, 0) is 6.42 Å². The zero-order chi connectivity index (χ0) is 6.57. The molecular formula is C4H6BrNO2. The number of nitroso groups, excluding NO2 is 1. The first-order valence-electron chi connectivity index (χ1n) is 2.23. The van der Waals surface area contributed by atoms with Crippen LogP contribution in [0, 0.1) is 4.91 Å². The number of nitrogens with zero attached hydrogens (tertiary/aromatic N) is 1. The molecule has 0 bridgehead atoms. The predicted molar refractivity (Wildman–Crippen MR) is 33.8 cm³/mol. The van der Waals surface area contributed by atoms with E-state index in [1.54, 1.807) is 6.92 Å². The first-order valence-corrected chi connectivity index (χ1v) is 3.15. The number of hydrogen-bond donors (Lipinski definition) is 0. The first-order chi connectivity index (χ1) is 3.72. The maximum absolute atomic E-state index is 10.2. The minimum Gasteiger partial charge on any atom is -0.268 e. The Hall–Kier alpha value is -0.250. The van der Waals surface area contributed by atoms with Crippen molar-refractivity contribution in [3.05, 3.63) is 4.91 Å². The summed E-state index contributed by atoms with van der Waals surface area (Å²) >= 11 is 2.96. The summed E-state index contributed by atoms with van der Waals surface area (Å²) < 4.78 is 0. The molecule has 0 aliphatic heterocycles. The van der Waals surface area contributed by atoms with Crippen molar-refractivity contribution in [2.75, 3.05) is 0 Å². The van der Waals surface area contributed by atoms with E-state index in [1.807, 2.05) is 0 Å². The van der Waals surface area contributed by atoms with Crippen molar-refractivity contribution in [2.45, 2.75) is 18.2 Å². The van der Waals surface area contributed by atoms with Gasteiger partial charge in [-0.15, -0.1) is 4.91 Å². The number of rotatable bonds is 2. The molecule has 1 atom stereocenters. The lowest BCUT2D eigenvalue weighted by Gasteiger charge is -1.93. The van der Waals surface area contributed by atoms with Crippen LogP contribution in [0.5, 0.6) is 0 Å². The molecule has 0 fully saturated rings. The Morgan fingerprint density at radius 1 is 1.88 bits per heavy atom. The number of carbonyl (C=O) groups excluding carboxylic acids is 1. The van der Waals surface area contributed by atoms with E-state index in [1.165, 1.54) is 0 Å². The topological polar surface area (TPSA) is 46.5 Å². The standard InChI is InChI=1S/C4H6BrNO2/c1-2-3(5)4(7)6-8/h3H,2H2,1H3/t3-/m0/s1. The smallest absolute Gasteiger partial charge is 0.268 e. The van der Waals surface area contributed by atoms with Gasteiger partial charge in [-0.3, -0.25) is 4.79 Å². The van der Waals surface area contributed by atoms with E-state index in [2.05, 4.69) is 21.1 Å². The van der Waals surface area contributed by atoms with E-state index in [4.69, 9.17) is 0 Å². The fourth-order valence-electron chi connectivity index (χ4n) is 0.232. The molecule has 0 saturated heterocycles. The molecule has 0 aliphatic carbocycles. The molecule has 0 aromatic rings. The average molecular weight is 180 g/mol. The quantitative estimate of drug-likeness (QED) is 0.476. The Kier molecular flexibility index (Phi) is 3.60. The van der Waals surface area contributed by atoms with E-state index >= 15 is 0 Å². The van der Waals surface area contributed by atoms with Crippen LogP contribution in [0.3, 0.4) is 0 Å². The van der Waals surface area contributed by atoms with E-state index in [0.717, 1.165) is 0 Å². The van der Waals surface area contributed by atoms with E-state index in [-0.39, 0.29) is 4.83 Å². The molecule has 3 nitrogen and oxygen atoms in total. The lowest BCUT2D eigenvalue weighted by molar-refractivity contribution is -0.117. The molecule has 0 aromatic heterocycles. The molecule has 0 aromatic carbocycles. The van der Waals surface area contributed by atoms with Gasteiger partial charge in [-0.2, -0.15) is 0 Å². The first kappa shape index (κ1) is 7.75. The van der Waals surface area contributed by atoms with Gasteiger partial charge in [0.15, 0.2) is 0 Å². The van der Waals surface area contributed by atoms with E-state index < -0.39 is 5.91 Å². The van der Waals surface area contributed by atoms with Gasteiger partial charge in [0, 0.05) is 5.18 Å². The molecule has 0 N–H and O–H groups in total. The van der Waals surface area contributed by atoms with Gasteiger partial charge in [-0.25, -0.2) is 0 Å². The van der Waals surface area contributed by atoms with Crippen molar-refractivity contribution >= 4 is 21.8 Å². The molecule has 0 unspecified atom stereocenters. The fraction of sp³-hybridized carbons (Fsp3) is 0.750. The van der Waals surface area contributed by atoms with Crippen molar-refractivity contribution in [2.24, 2.45) is 5.18 Å². The molecule has 0 radical (unpaired) electrons. The second-order valence-electron chi connectivity index (χ2n) is 1.31. The number of alkyl halides is 1. The second kappa shape index (κ2) is 3.72. The van der Waals surface area contributed by atoms with Gasteiger partial charge in [0.05, 0.1) is 4.83 Å². The van der Waals surface area contributed by atoms with Crippen LogP contribution in [0.2, 0.25) is 0 Å². The largest absolute Gasteiger partial charge is 0.299 e. The highest BCUT2D eigenvalue weighted by Crippen LogP contribution is 2.04. The lowest BCUT2D eigenvalue weighted by Crippen LogP contribution is -2.07. The third kappa shape index (κ3) is 2.16. The molecule has 0 rings (SSSR count). The zero-order valence-electron chi connectivity index (χ0n) is 4.43. The molecule has 0 aliphatic rings. The number of amides is 1. The second-order valence-corrected chi connectivity index (χ2v) is 2.41. The fourth-order valence-corrected chi connectivity index (χ4v) is 0.315. The Bertz CT molecular complexity index is 104. The van der Waals surface area contributed by atoms with Crippen LogP contribution in [0.25, 0.3) is 0 Å². The Morgan fingerprint density at radius 3 is 2.50 bits per heavy atom. The Morgan fingerprint density at radius 2 is 2.38 bits per heavy atom. The summed E-state index contributed by atoms with van der Waals surface area (Å²) in [6, 6.07) is 0. The number of halogens is 1. The number of hydrogen-bond acceptors (Lipinski definition) is 2. The minimum atomic E-state index is -0.632. The van der Waals surface area contributed by atoms with Crippen LogP contribution in [-0.4, -0.2) is 10.7 Å². The molecule has 0 saturated carbocycles.